The molecule has 0 aliphatic rings. The molecular weight excluding hydrogens is 492 g/mol. The summed E-state index contributed by atoms with van der Waals surface area (Å²) in [6, 6.07) is 15.8. The predicted molar refractivity (Wildman–Crippen MR) is 127 cm³/mol. The van der Waals surface area contributed by atoms with E-state index in [4.69, 9.17) is 4.18 Å². The summed E-state index contributed by atoms with van der Waals surface area (Å²) in [6.45, 7) is 1.64. The van der Waals surface area contributed by atoms with Crippen molar-refractivity contribution in [2.24, 2.45) is 0 Å². The molecule has 0 aromatic heterocycles. The van der Waals surface area contributed by atoms with Crippen molar-refractivity contribution in [3.8, 4) is 11.8 Å². The molecule has 3 rings (SSSR count). The molecule has 0 heterocycles. The molecule has 36 heavy (non-hydrogen) atoms. The number of anilines is 1. The van der Waals surface area contributed by atoms with Gasteiger partial charge in [0.15, 0.2) is 4.90 Å². The minimum absolute atomic E-state index is 0.107. The zero-order valence-corrected chi connectivity index (χ0v) is 19.3. The first-order valence-corrected chi connectivity index (χ1v) is 11.4. The summed E-state index contributed by atoms with van der Waals surface area (Å²) in [5, 5.41) is 34.2. The number of nitriles is 1. The SMILES string of the molecule is Cc1ccc(NC(=O)/C(C#N)=C/c2cccc(OS(=O)(=O)c3ccccc3[N+](=O)[O-])c2)c([N+](=O)[O-])c1. The van der Waals surface area contributed by atoms with Crippen LogP contribution in [0.25, 0.3) is 6.08 Å². The molecule has 1 N–H and O–H groups in total. The lowest BCUT2D eigenvalue weighted by molar-refractivity contribution is -0.387. The van der Waals surface area contributed by atoms with Gasteiger partial charge in [0.2, 0.25) is 0 Å². The number of amides is 1. The molecule has 0 aliphatic carbocycles. The van der Waals surface area contributed by atoms with Crippen molar-refractivity contribution >= 4 is 39.2 Å². The van der Waals surface area contributed by atoms with E-state index in [1.807, 2.05) is 0 Å². The van der Waals surface area contributed by atoms with Crippen molar-refractivity contribution in [2.75, 3.05) is 5.32 Å². The molecule has 0 aliphatic heterocycles. The average molecular weight is 508 g/mol. The fourth-order valence-corrected chi connectivity index (χ4v) is 4.14. The lowest BCUT2D eigenvalue weighted by Gasteiger charge is -2.08. The first-order chi connectivity index (χ1) is 17.0. The number of nitro groups is 2. The van der Waals surface area contributed by atoms with Gasteiger partial charge in [-0.25, -0.2) is 0 Å². The highest BCUT2D eigenvalue weighted by molar-refractivity contribution is 7.87. The van der Waals surface area contributed by atoms with Crippen molar-refractivity contribution in [3.63, 3.8) is 0 Å². The second-order valence-electron chi connectivity index (χ2n) is 7.24. The van der Waals surface area contributed by atoms with Gasteiger partial charge in [0.05, 0.1) is 9.85 Å². The van der Waals surface area contributed by atoms with Gasteiger partial charge in [-0.15, -0.1) is 0 Å². The van der Waals surface area contributed by atoms with Crippen molar-refractivity contribution < 1.29 is 27.2 Å². The van der Waals surface area contributed by atoms with E-state index in [-0.39, 0.29) is 22.7 Å². The summed E-state index contributed by atoms with van der Waals surface area (Å²) in [5.74, 6) is -1.16. The fourth-order valence-electron chi connectivity index (χ4n) is 3.05. The van der Waals surface area contributed by atoms with Crippen LogP contribution < -0.4 is 9.50 Å². The second-order valence-corrected chi connectivity index (χ2v) is 8.75. The average Bonchev–Trinajstić information content (AvgIpc) is 2.83. The Morgan fingerprint density at radius 3 is 2.36 bits per heavy atom. The highest BCUT2D eigenvalue weighted by Gasteiger charge is 2.27. The van der Waals surface area contributed by atoms with Crippen LogP contribution in [0.1, 0.15) is 11.1 Å². The number of carbonyl (C=O) groups excluding carboxylic acids is 1. The maximum atomic E-state index is 12.6. The van der Waals surface area contributed by atoms with Crippen molar-refractivity contribution in [3.05, 3.63) is 104 Å². The Morgan fingerprint density at radius 2 is 1.69 bits per heavy atom. The van der Waals surface area contributed by atoms with Crippen molar-refractivity contribution in [1.82, 2.24) is 0 Å². The number of nitrogens with one attached hydrogen (secondary N) is 1. The minimum atomic E-state index is -4.58. The number of aryl methyl sites for hydroxylation is 1. The van der Waals surface area contributed by atoms with E-state index < -0.39 is 42.0 Å². The zero-order chi connectivity index (χ0) is 26.5. The van der Waals surface area contributed by atoms with Crippen LogP contribution in [0.4, 0.5) is 17.1 Å². The van der Waals surface area contributed by atoms with Crippen LogP contribution in [0.2, 0.25) is 0 Å². The van der Waals surface area contributed by atoms with Crippen LogP contribution in [-0.2, 0) is 14.9 Å². The number of hydrogen-bond acceptors (Lipinski definition) is 9. The molecule has 0 saturated carbocycles. The molecule has 182 valence electrons. The predicted octanol–water partition coefficient (Wildman–Crippen LogP) is 4.12. The van der Waals surface area contributed by atoms with Gasteiger partial charge in [-0.3, -0.25) is 25.0 Å². The molecule has 0 bridgehead atoms. The third-order valence-corrected chi connectivity index (χ3v) is 5.97. The van der Waals surface area contributed by atoms with E-state index >= 15 is 0 Å². The molecule has 3 aromatic carbocycles. The Bertz CT molecular complexity index is 1560. The number of carbonyl (C=O) groups is 1. The van der Waals surface area contributed by atoms with E-state index in [1.165, 1.54) is 48.5 Å². The monoisotopic (exact) mass is 508 g/mol. The molecule has 3 aromatic rings. The van der Waals surface area contributed by atoms with E-state index in [0.29, 0.717) is 5.56 Å². The molecule has 12 nitrogen and oxygen atoms in total. The van der Waals surface area contributed by atoms with Crippen LogP contribution >= 0.6 is 0 Å². The Balaban J connectivity index is 1.88. The number of benzene rings is 3. The third-order valence-electron chi connectivity index (χ3n) is 4.67. The summed E-state index contributed by atoms with van der Waals surface area (Å²) in [6.07, 6.45) is 1.12. The Labute approximate surface area is 204 Å². The standard InChI is InChI=1S/C23H16N4O8S/c1-15-9-10-19(21(11-15)27(31)32)25-23(28)17(14-24)12-16-5-4-6-18(13-16)35-36(33,34)22-8-3-2-7-20(22)26(29)30/h2-13H,1H3,(H,25,28)/b17-12+. The van der Waals surface area contributed by atoms with Gasteiger partial charge in [-0.05, 0) is 48.4 Å². The highest BCUT2D eigenvalue weighted by Crippen LogP contribution is 2.28. The lowest BCUT2D eigenvalue weighted by Crippen LogP contribution is -2.14. The highest BCUT2D eigenvalue weighted by atomic mass is 32.2. The van der Waals surface area contributed by atoms with E-state index in [9.17, 15) is 38.7 Å². The Kier molecular flexibility index (Phi) is 7.41. The number of nitrogens with zero attached hydrogens (tertiary/aromatic N) is 3. The summed E-state index contributed by atoms with van der Waals surface area (Å²) >= 11 is 0. The van der Waals surface area contributed by atoms with E-state index in [1.54, 1.807) is 19.1 Å². The van der Waals surface area contributed by atoms with Crippen LogP contribution in [0.3, 0.4) is 0 Å². The van der Waals surface area contributed by atoms with Gasteiger partial charge in [0.1, 0.15) is 23.1 Å². The van der Waals surface area contributed by atoms with Crippen LogP contribution in [0, 0.1) is 38.5 Å². The maximum Gasteiger partial charge on any atom is 0.346 e. The Morgan fingerprint density at radius 1 is 1.00 bits per heavy atom. The van der Waals surface area contributed by atoms with Gasteiger partial charge >= 0.3 is 10.1 Å². The van der Waals surface area contributed by atoms with Gasteiger partial charge in [0, 0.05) is 12.1 Å². The smallest absolute Gasteiger partial charge is 0.346 e. The molecule has 1 amide bonds. The molecule has 0 spiro atoms. The molecule has 0 unspecified atom stereocenters. The minimum Gasteiger partial charge on any atom is -0.379 e. The molecule has 0 fully saturated rings. The van der Waals surface area contributed by atoms with Gasteiger partial charge in [-0.1, -0.05) is 30.3 Å². The molecule has 13 heteroatoms. The quantitative estimate of drug-likeness (QED) is 0.154. The molecule has 0 saturated heterocycles. The second kappa shape index (κ2) is 10.5. The first kappa shape index (κ1) is 25.5. The topological polar surface area (TPSA) is 183 Å². The molecular formula is C23H16N4O8S. The van der Waals surface area contributed by atoms with E-state index in [0.717, 1.165) is 18.2 Å². The van der Waals surface area contributed by atoms with Crippen molar-refractivity contribution in [1.29, 1.82) is 5.26 Å². The third kappa shape index (κ3) is 5.88. The fraction of sp³-hybridized carbons (Fsp3) is 0.0435. The summed E-state index contributed by atoms with van der Waals surface area (Å²) in [7, 11) is -4.58. The summed E-state index contributed by atoms with van der Waals surface area (Å²) in [5.41, 5.74) is -0.759. The molecule has 0 atom stereocenters. The van der Waals surface area contributed by atoms with Crippen LogP contribution in [0.15, 0.2) is 77.2 Å². The van der Waals surface area contributed by atoms with Gasteiger partial charge in [0.25, 0.3) is 17.3 Å². The first-order valence-electron chi connectivity index (χ1n) is 9.98. The van der Waals surface area contributed by atoms with Crippen LogP contribution in [0.5, 0.6) is 5.75 Å². The van der Waals surface area contributed by atoms with Gasteiger partial charge in [-0.2, -0.15) is 13.7 Å². The number of nitro benzene ring substituents is 2. The normalized spacial score (nSPS) is 11.3. The number of para-hydroxylation sites is 1. The summed E-state index contributed by atoms with van der Waals surface area (Å²) in [4.78, 5) is 32.9. The van der Waals surface area contributed by atoms with Gasteiger partial charge < -0.3 is 9.50 Å². The summed E-state index contributed by atoms with van der Waals surface area (Å²) < 4.78 is 30.3. The van der Waals surface area contributed by atoms with Crippen LogP contribution in [-0.4, -0.2) is 24.2 Å². The Hall–Kier alpha value is -5.09. The number of hydrogen-bond donors (Lipinski definition) is 1. The maximum absolute atomic E-state index is 12.6. The van der Waals surface area contributed by atoms with E-state index in [2.05, 4.69) is 5.32 Å². The lowest BCUT2D eigenvalue weighted by atomic mass is 10.1. The molecule has 0 radical (unpaired) electrons. The van der Waals surface area contributed by atoms with Crippen molar-refractivity contribution in [2.45, 2.75) is 11.8 Å². The largest absolute Gasteiger partial charge is 0.379 e. The number of rotatable bonds is 8. The zero-order valence-electron chi connectivity index (χ0n) is 18.4.